The number of phenols is 8. The SMILES string of the molecule is O=C(OC1Cc2c(O)cc(O)cc2O[C@@H]1c1cc(O)c(O)c(O)c1)c1ccc(O)c(O)c1O. The van der Waals surface area contributed by atoms with Crippen molar-refractivity contribution in [2.24, 2.45) is 0 Å². The van der Waals surface area contributed by atoms with Gasteiger partial charge in [-0.25, -0.2) is 4.79 Å². The third-order valence-corrected chi connectivity index (χ3v) is 5.20. The van der Waals surface area contributed by atoms with Crippen LogP contribution in [0.1, 0.15) is 27.6 Å². The first-order chi connectivity index (χ1) is 15.6. The van der Waals surface area contributed by atoms with Gasteiger partial charge in [0.05, 0.1) is 0 Å². The van der Waals surface area contributed by atoms with Gasteiger partial charge in [-0.1, -0.05) is 0 Å². The Morgan fingerprint density at radius 2 is 1.45 bits per heavy atom. The zero-order valence-electron chi connectivity index (χ0n) is 16.6. The van der Waals surface area contributed by atoms with Crippen LogP contribution in [0.2, 0.25) is 0 Å². The molecule has 0 spiro atoms. The first kappa shape index (κ1) is 21.6. The largest absolute Gasteiger partial charge is 0.508 e. The summed E-state index contributed by atoms with van der Waals surface area (Å²) in [6, 6.07) is 6.40. The smallest absolute Gasteiger partial charge is 0.342 e. The minimum atomic E-state index is -1.21. The first-order valence-corrected chi connectivity index (χ1v) is 9.48. The summed E-state index contributed by atoms with van der Waals surface area (Å²) >= 11 is 0. The van der Waals surface area contributed by atoms with E-state index in [1.54, 1.807) is 0 Å². The van der Waals surface area contributed by atoms with E-state index >= 15 is 0 Å². The summed E-state index contributed by atoms with van der Waals surface area (Å²) < 4.78 is 11.3. The molecule has 2 atom stereocenters. The number of carbonyl (C=O) groups excluding carboxylic acids is 1. The normalized spacial score (nSPS) is 17.1. The highest BCUT2D eigenvalue weighted by atomic mass is 16.6. The Bertz CT molecular complexity index is 1240. The third kappa shape index (κ3) is 3.76. The van der Waals surface area contributed by atoms with E-state index in [-0.39, 0.29) is 34.8 Å². The van der Waals surface area contributed by atoms with Crippen LogP contribution in [0.3, 0.4) is 0 Å². The van der Waals surface area contributed by atoms with E-state index in [0.29, 0.717) is 0 Å². The average Bonchev–Trinajstić information content (AvgIpc) is 2.75. The van der Waals surface area contributed by atoms with E-state index in [1.807, 2.05) is 0 Å². The summed E-state index contributed by atoms with van der Waals surface area (Å²) in [6.07, 6.45) is -2.56. The first-order valence-electron chi connectivity index (χ1n) is 9.48. The van der Waals surface area contributed by atoms with Crippen molar-refractivity contribution in [2.75, 3.05) is 0 Å². The number of carbonyl (C=O) groups is 1. The molecule has 0 fully saturated rings. The highest BCUT2D eigenvalue weighted by Crippen LogP contribution is 2.46. The number of fused-ring (bicyclic) bond motifs is 1. The number of hydrogen-bond donors (Lipinski definition) is 8. The lowest BCUT2D eigenvalue weighted by Crippen LogP contribution is -2.34. The van der Waals surface area contributed by atoms with Gasteiger partial charge in [-0.3, -0.25) is 0 Å². The molecule has 0 saturated heterocycles. The van der Waals surface area contributed by atoms with Crippen molar-refractivity contribution >= 4 is 5.97 Å². The Kier molecular flexibility index (Phi) is 5.09. The lowest BCUT2D eigenvalue weighted by molar-refractivity contribution is -0.0191. The molecule has 172 valence electrons. The molecule has 1 heterocycles. The van der Waals surface area contributed by atoms with Gasteiger partial charge in [0.1, 0.15) is 28.9 Å². The van der Waals surface area contributed by atoms with Gasteiger partial charge in [-0.15, -0.1) is 0 Å². The summed E-state index contributed by atoms with van der Waals surface area (Å²) in [5.74, 6) is -6.34. The summed E-state index contributed by atoms with van der Waals surface area (Å²) in [4.78, 5) is 12.7. The number of ether oxygens (including phenoxy) is 2. The Hall–Kier alpha value is -4.67. The van der Waals surface area contributed by atoms with Gasteiger partial charge in [0.2, 0.25) is 5.75 Å². The van der Waals surface area contributed by atoms with Crippen LogP contribution in [0, 0.1) is 0 Å². The van der Waals surface area contributed by atoms with Crippen molar-refractivity contribution in [2.45, 2.75) is 18.6 Å². The number of benzene rings is 3. The quantitative estimate of drug-likeness (QED) is 0.212. The zero-order valence-corrected chi connectivity index (χ0v) is 16.6. The fraction of sp³-hybridized carbons (Fsp3) is 0.136. The van der Waals surface area contributed by atoms with E-state index in [4.69, 9.17) is 9.47 Å². The molecule has 11 heteroatoms. The highest BCUT2D eigenvalue weighted by Gasteiger charge is 2.37. The minimum Gasteiger partial charge on any atom is -0.508 e. The maximum Gasteiger partial charge on any atom is 0.342 e. The van der Waals surface area contributed by atoms with Crippen LogP contribution in [-0.4, -0.2) is 52.9 Å². The maximum absolute atomic E-state index is 12.7. The van der Waals surface area contributed by atoms with Crippen LogP contribution in [0.25, 0.3) is 0 Å². The molecule has 0 bridgehead atoms. The Morgan fingerprint density at radius 1 is 0.788 bits per heavy atom. The Balaban J connectivity index is 1.76. The number of rotatable bonds is 3. The molecule has 0 radical (unpaired) electrons. The lowest BCUT2D eigenvalue weighted by Gasteiger charge is -2.34. The zero-order chi connectivity index (χ0) is 24.0. The fourth-order valence-corrected chi connectivity index (χ4v) is 3.56. The number of hydrogen-bond acceptors (Lipinski definition) is 11. The van der Waals surface area contributed by atoms with E-state index in [1.165, 1.54) is 6.07 Å². The van der Waals surface area contributed by atoms with Gasteiger partial charge in [0, 0.05) is 29.7 Å². The molecule has 0 aromatic heterocycles. The van der Waals surface area contributed by atoms with Crippen molar-refractivity contribution in [3.8, 4) is 51.7 Å². The monoisotopic (exact) mass is 458 g/mol. The van der Waals surface area contributed by atoms with Crippen molar-refractivity contribution in [3.05, 3.63) is 53.1 Å². The van der Waals surface area contributed by atoms with Crippen molar-refractivity contribution < 1.29 is 55.1 Å². The maximum atomic E-state index is 12.7. The van der Waals surface area contributed by atoms with Gasteiger partial charge in [0.25, 0.3) is 0 Å². The van der Waals surface area contributed by atoms with Crippen LogP contribution in [0.15, 0.2) is 36.4 Å². The molecular formula is C22H18O11. The van der Waals surface area contributed by atoms with E-state index < -0.39 is 58.2 Å². The molecule has 1 aliphatic heterocycles. The molecule has 3 aromatic carbocycles. The second kappa shape index (κ2) is 7.79. The van der Waals surface area contributed by atoms with Gasteiger partial charge in [-0.2, -0.15) is 0 Å². The number of aromatic hydroxyl groups is 8. The number of phenolic OH excluding ortho intramolecular Hbond substituents is 8. The molecule has 3 aromatic rings. The van der Waals surface area contributed by atoms with Crippen LogP contribution in [0.4, 0.5) is 0 Å². The second-order valence-electron chi connectivity index (χ2n) is 7.37. The van der Waals surface area contributed by atoms with Crippen molar-refractivity contribution in [1.29, 1.82) is 0 Å². The van der Waals surface area contributed by atoms with Gasteiger partial charge in [-0.05, 0) is 24.3 Å². The van der Waals surface area contributed by atoms with Gasteiger partial charge in [0.15, 0.2) is 34.9 Å². The number of esters is 1. The van der Waals surface area contributed by atoms with Gasteiger partial charge >= 0.3 is 5.97 Å². The predicted molar refractivity (Wildman–Crippen MR) is 109 cm³/mol. The summed E-state index contributed by atoms with van der Waals surface area (Å²) in [5, 5.41) is 78.5. The highest BCUT2D eigenvalue weighted by molar-refractivity contribution is 5.94. The van der Waals surface area contributed by atoms with Crippen LogP contribution in [0.5, 0.6) is 51.7 Å². The van der Waals surface area contributed by atoms with E-state index in [2.05, 4.69) is 0 Å². The van der Waals surface area contributed by atoms with Gasteiger partial charge < -0.3 is 50.3 Å². The fourth-order valence-electron chi connectivity index (χ4n) is 3.56. The van der Waals surface area contributed by atoms with Crippen molar-refractivity contribution in [3.63, 3.8) is 0 Å². The molecule has 8 N–H and O–H groups in total. The molecule has 1 unspecified atom stereocenters. The average molecular weight is 458 g/mol. The topological polar surface area (TPSA) is 197 Å². The van der Waals surface area contributed by atoms with Crippen LogP contribution < -0.4 is 4.74 Å². The molecule has 1 aliphatic rings. The van der Waals surface area contributed by atoms with Crippen molar-refractivity contribution in [1.82, 2.24) is 0 Å². The molecular weight excluding hydrogens is 440 g/mol. The Labute approximate surface area is 185 Å². The lowest BCUT2D eigenvalue weighted by atomic mass is 9.93. The minimum absolute atomic E-state index is 0.0435. The predicted octanol–water partition coefficient (Wildman–Crippen LogP) is 2.23. The second-order valence-corrected chi connectivity index (χ2v) is 7.37. The molecule has 0 amide bonds. The standard InChI is InChI=1S/C22H18O11/c23-9-5-13(25)11-7-17(33-22(31)10-1-2-12(24)20(30)18(10)28)21(32-16(11)6-9)8-3-14(26)19(29)15(27)4-8/h1-6,17,21,23-30H,7H2/t17?,21-/m1/s1. The molecule has 4 rings (SSSR count). The van der Waals surface area contributed by atoms with Crippen LogP contribution in [-0.2, 0) is 11.2 Å². The Morgan fingerprint density at radius 3 is 2.12 bits per heavy atom. The third-order valence-electron chi connectivity index (χ3n) is 5.20. The molecule has 11 nitrogen and oxygen atoms in total. The molecule has 0 saturated carbocycles. The molecule has 33 heavy (non-hydrogen) atoms. The van der Waals surface area contributed by atoms with Crippen LogP contribution >= 0.6 is 0 Å². The summed E-state index contributed by atoms with van der Waals surface area (Å²) in [6.45, 7) is 0. The van der Waals surface area contributed by atoms with E-state index in [9.17, 15) is 45.6 Å². The van der Waals surface area contributed by atoms with E-state index in [0.717, 1.165) is 30.3 Å². The summed E-state index contributed by atoms with van der Waals surface area (Å²) in [5.41, 5.74) is -0.208. The molecule has 0 aliphatic carbocycles. The summed E-state index contributed by atoms with van der Waals surface area (Å²) in [7, 11) is 0.